The monoisotopic (exact) mass is 536 g/mol. The van der Waals surface area contributed by atoms with Crippen molar-refractivity contribution in [3.63, 3.8) is 0 Å². The predicted octanol–water partition coefficient (Wildman–Crippen LogP) is 4.84. The van der Waals surface area contributed by atoms with E-state index in [4.69, 9.17) is 4.98 Å². The highest BCUT2D eigenvalue weighted by atomic mass is 19.1. The molecule has 0 amide bonds. The molecule has 6 nitrogen and oxygen atoms in total. The topological polar surface area (TPSA) is 72.6 Å². The van der Waals surface area contributed by atoms with Crippen molar-refractivity contribution in [1.29, 1.82) is 0 Å². The van der Waals surface area contributed by atoms with Crippen molar-refractivity contribution >= 4 is 23.6 Å². The minimum atomic E-state index is -0.222. The molecule has 3 aromatic heterocycles. The van der Waals surface area contributed by atoms with Gasteiger partial charge in [-0.05, 0) is 118 Å². The van der Waals surface area contributed by atoms with Crippen LogP contribution in [0.1, 0.15) is 38.2 Å². The number of nitrogens with one attached hydrogen (secondary N) is 3. The third-order valence-corrected chi connectivity index (χ3v) is 8.10. The van der Waals surface area contributed by atoms with Gasteiger partial charge in [0.2, 0.25) is 0 Å². The average Bonchev–Trinajstić information content (AvgIpc) is 3.72. The second kappa shape index (κ2) is 11.7. The average molecular weight is 537 g/mol. The fourth-order valence-corrected chi connectivity index (χ4v) is 6.01. The quantitative estimate of drug-likeness (QED) is 0.301. The minimum Gasteiger partial charge on any atom is -0.353 e. The lowest BCUT2D eigenvalue weighted by molar-refractivity contribution is 0.334. The van der Waals surface area contributed by atoms with E-state index in [1.807, 2.05) is 6.07 Å². The van der Waals surface area contributed by atoms with Crippen molar-refractivity contribution in [2.75, 3.05) is 32.7 Å². The molecule has 2 aliphatic heterocycles. The van der Waals surface area contributed by atoms with Gasteiger partial charge in [0.15, 0.2) is 0 Å². The number of likely N-dealkylation sites (tertiary alicyclic amines) is 1. The molecule has 0 atom stereocenters. The third kappa shape index (κ3) is 5.58. The van der Waals surface area contributed by atoms with Crippen LogP contribution < -0.4 is 15.9 Å². The Kier molecular flexibility index (Phi) is 7.75. The molecule has 1 fully saturated rings. The molecule has 0 aliphatic carbocycles. The maximum absolute atomic E-state index is 14.8. The molecule has 4 aromatic rings. The Morgan fingerprint density at radius 2 is 2.02 bits per heavy atom. The molecule has 5 heterocycles. The van der Waals surface area contributed by atoms with Gasteiger partial charge in [0.25, 0.3) is 0 Å². The largest absolute Gasteiger partial charge is 0.353 e. The number of allylic oxidation sites excluding steroid dienone is 2. The normalized spacial score (nSPS) is 17.2. The third-order valence-electron chi connectivity index (χ3n) is 8.10. The van der Waals surface area contributed by atoms with Gasteiger partial charge in [-0.2, -0.15) is 5.10 Å². The Hall–Kier alpha value is -3.81. The van der Waals surface area contributed by atoms with Crippen LogP contribution in [-0.2, 0) is 6.42 Å². The van der Waals surface area contributed by atoms with Gasteiger partial charge in [-0.25, -0.2) is 4.39 Å². The highest BCUT2D eigenvalue weighted by Gasteiger charge is 2.16. The van der Waals surface area contributed by atoms with Gasteiger partial charge >= 0.3 is 0 Å². The lowest BCUT2D eigenvalue weighted by Crippen LogP contribution is -2.24. The summed E-state index contributed by atoms with van der Waals surface area (Å²) in [5.74, 6) is -0.222. The van der Waals surface area contributed by atoms with Gasteiger partial charge in [0.05, 0.1) is 16.7 Å². The van der Waals surface area contributed by atoms with Crippen molar-refractivity contribution in [3.05, 3.63) is 81.8 Å². The van der Waals surface area contributed by atoms with Gasteiger partial charge < -0.3 is 15.2 Å². The van der Waals surface area contributed by atoms with E-state index in [2.05, 4.69) is 69.3 Å². The van der Waals surface area contributed by atoms with E-state index in [1.165, 1.54) is 37.1 Å². The second-order valence-electron chi connectivity index (χ2n) is 10.8. The summed E-state index contributed by atoms with van der Waals surface area (Å²) >= 11 is 0. The molecular formula is C33H37FN6. The van der Waals surface area contributed by atoms with Crippen LogP contribution in [0, 0.1) is 5.82 Å². The summed E-state index contributed by atoms with van der Waals surface area (Å²) in [6, 6.07) is 9.37. The first-order valence-corrected chi connectivity index (χ1v) is 14.4. The molecule has 2 aliphatic rings. The molecule has 0 radical (unpaired) electrons. The summed E-state index contributed by atoms with van der Waals surface area (Å²) < 4.78 is 14.8. The zero-order chi connectivity index (χ0) is 27.5. The molecule has 6 rings (SSSR count). The summed E-state index contributed by atoms with van der Waals surface area (Å²) in [7, 11) is 0. The number of H-pyrrole nitrogens is 2. The van der Waals surface area contributed by atoms with Gasteiger partial charge in [-0.1, -0.05) is 18.7 Å². The number of fused-ring (bicyclic) bond motifs is 1. The number of aryl methyl sites for hydroxylation is 1. The number of hydrogen-bond acceptors (Lipinski definition) is 4. The first-order valence-electron chi connectivity index (χ1n) is 14.4. The van der Waals surface area contributed by atoms with Gasteiger partial charge in [0.1, 0.15) is 11.5 Å². The predicted molar refractivity (Wildman–Crippen MR) is 162 cm³/mol. The fraction of sp³-hybridized carbons (Fsp3) is 0.333. The Morgan fingerprint density at radius 1 is 1.15 bits per heavy atom. The molecule has 7 heteroatoms. The summed E-state index contributed by atoms with van der Waals surface area (Å²) in [6.45, 7) is 11.6. The number of pyridine rings is 1. The van der Waals surface area contributed by atoms with Crippen molar-refractivity contribution in [3.8, 4) is 22.6 Å². The molecule has 1 saturated heterocycles. The molecule has 0 spiro atoms. The molecule has 206 valence electrons. The fourth-order valence-electron chi connectivity index (χ4n) is 6.01. The first kappa shape index (κ1) is 26.4. The van der Waals surface area contributed by atoms with E-state index >= 15 is 0 Å². The standard InChI is InChI=1S/C33H37FN6/c1-3-24(25-8-11-35-12-9-25)20-28-22(2)38-39-33(28)31-21-29-30(37-31)10-13-36-32(29)26-17-23(18-27(34)19-26)7-6-16-40-14-4-5-15-40/h3,8,10,13,17-21,35,37-38H,2,4-7,9,11-12,14-16H2,1H3/b24-3+,28-20+. The Labute approximate surface area is 234 Å². The maximum Gasteiger partial charge on any atom is 0.124 e. The lowest BCUT2D eigenvalue weighted by Gasteiger charge is -2.14. The molecular weight excluding hydrogens is 499 g/mol. The number of nitrogens with zero attached hydrogens (tertiary/aromatic N) is 3. The summed E-state index contributed by atoms with van der Waals surface area (Å²) in [5.41, 5.74) is 7.72. The highest BCUT2D eigenvalue weighted by molar-refractivity contribution is 5.96. The van der Waals surface area contributed by atoms with Crippen LogP contribution in [0.2, 0.25) is 0 Å². The van der Waals surface area contributed by atoms with Gasteiger partial charge in [0, 0.05) is 34.4 Å². The van der Waals surface area contributed by atoms with E-state index in [0.717, 1.165) is 88.6 Å². The summed E-state index contributed by atoms with van der Waals surface area (Å²) in [6.07, 6.45) is 13.8. The zero-order valence-corrected chi connectivity index (χ0v) is 23.2. The number of aromatic nitrogens is 4. The van der Waals surface area contributed by atoms with Crippen molar-refractivity contribution < 1.29 is 4.39 Å². The molecule has 0 saturated carbocycles. The van der Waals surface area contributed by atoms with Crippen LogP contribution >= 0.6 is 0 Å². The van der Waals surface area contributed by atoms with Gasteiger partial charge in [-0.15, -0.1) is 0 Å². The van der Waals surface area contributed by atoms with Crippen molar-refractivity contribution in [2.45, 2.75) is 39.0 Å². The van der Waals surface area contributed by atoms with E-state index < -0.39 is 0 Å². The first-order chi connectivity index (χ1) is 19.6. The van der Waals surface area contributed by atoms with E-state index in [0.29, 0.717) is 0 Å². The number of aromatic amines is 2. The second-order valence-corrected chi connectivity index (χ2v) is 10.8. The Morgan fingerprint density at radius 3 is 2.83 bits per heavy atom. The number of hydrogen-bond donors (Lipinski definition) is 3. The number of benzene rings is 1. The number of halogens is 1. The smallest absolute Gasteiger partial charge is 0.124 e. The maximum atomic E-state index is 14.8. The van der Waals surface area contributed by atoms with Crippen LogP contribution in [0.3, 0.4) is 0 Å². The van der Waals surface area contributed by atoms with E-state index in [-0.39, 0.29) is 5.82 Å². The zero-order valence-electron chi connectivity index (χ0n) is 23.2. The molecule has 0 unspecified atom stereocenters. The van der Waals surface area contributed by atoms with Crippen molar-refractivity contribution in [1.82, 2.24) is 30.4 Å². The lowest BCUT2D eigenvalue weighted by atomic mass is 9.98. The molecule has 3 N–H and O–H groups in total. The van der Waals surface area contributed by atoms with E-state index in [9.17, 15) is 4.39 Å². The van der Waals surface area contributed by atoms with Crippen LogP contribution in [0.5, 0.6) is 0 Å². The SMILES string of the molecule is C=c1[nH]nc(-c2cc3c(-c4cc(F)cc(CCCN5CCCC5)c4)nccc3[nH]2)/c1=C/C(=C\C)C1=CCNCC1. The van der Waals surface area contributed by atoms with Gasteiger partial charge in [-0.3, -0.25) is 10.1 Å². The van der Waals surface area contributed by atoms with Crippen LogP contribution in [-0.4, -0.2) is 57.8 Å². The van der Waals surface area contributed by atoms with Crippen molar-refractivity contribution in [2.24, 2.45) is 0 Å². The molecule has 40 heavy (non-hydrogen) atoms. The summed E-state index contributed by atoms with van der Waals surface area (Å²) in [4.78, 5) is 10.7. The van der Waals surface area contributed by atoms with Crippen LogP contribution in [0.15, 0.2) is 59.8 Å². The van der Waals surface area contributed by atoms with Crippen LogP contribution in [0.4, 0.5) is 4.39 Å². The molecule has 0 bridgehead atoms. The number of rotatable bonds is 8. The molecule has 1 aromatic carbocycles. The van der Waals surface area contributed by atoms with Crippen LogP contribution in [0.25, 0.3) is 46.2 Å². The summed E-state index contributed by atoms with van der Waals surface area (Å²) in [5, 5.41) is 13.7. The Balaban J connectivity index is 1.34. The Bertz CT molecular complexity index is 1690. The minimum absolute atomic E-state index is 0.222. The van der Waals surface area contributed by atoms with E-state index in [1.54, 1.807) is 18.3 Å². The highest BCUT2D eigenvalue weighted by Crippen LogP contribution is 2.31.